The van der Waals surface area contributed by atoms with Crippen molar-refractivity contribution in [2.75, 3.05) is 0 Å². The van der Waals surface area contributed by atoms with E-state index in [1.54, 1.807) is 0 Å². The van der Waals surface area contributed by atoms with Gasteiger partial charge in [-0.3, -0.25) is 0 Å². The molecule has 8 aromatic rings. The molecule has 0 aliphatic carbocycles. The molecule has 0 fully saturated rings. The van der Waals surface area contributed by atoms with Crippen LogP contribution in [0.1, 0.15) is 0 Å². The minimum Gasteiger partial charge on any atom is -0.458 e. The van der Waals surface area contributed by atoms with Gasteiger partial charge in [-0.15, -0.1) is 0 Å². The van der Waals surface area contributed by atoms with E-state index in [-0.39, 0.29) is 6.71 Å². The molecule has 0 radical (unpaired) electrons. The lowest BCUT2D eigenvalue weighted by atomic mass is 9.35. The average molecular weight is 618 g/mol. The summed E-state index contributed by atoms with van der Waals surface area (Å²) < 4.78 is 16.4. The Hall–Kier alpha value is -5.78. The molecule has 0 unspecified atom stereocenters. The first-order valence-electron chi connectivity index (χ1n) is 16.1. The van der Waals surface area contributed by atoms with Gasteiger partial charge in [0.25, 0.3) is 14.9 Å². The number of hydrogen-bond donors (Lipinski definition) is 0. The van der Waals surface area contributed by atoms with E-state index in [9.17, 15) is 0 Å². The lowest BCUT2D eigenvalue weighted by molar-refractivity contribution is 0.465. The molecule has 0 spiro atoms. The van der Waals surface area contributed by atoms with Crippen LogP contribution in [0.5, 0.6) is 23.0 Å². The molecule has 47 heavy (non-hydrogen) atoms. The van der Waals surface area contributed by atoms with E-state index in [1.807, 2.05) is 0 Å². The van der Waals surface area contributed by atoms with Crippen LogP contribution in [0.2, 0.25) is 0 Å². The van der Waals surface area contributed by atoms with Crippen LogP contribution in [0, 0.1) is 0 Å². The zero-order valence-electron chi connectivity index (χ0n) is 25.5. The van der Waals surface area contributed by atoms with Crippen molar-refractivity contribution >= 4 is 68.7 Å². The summed E-state index contributed by atoms with van der Waals surface area (Å²) in [4.78, 5) is 0. The smallest absolute Gasteiger partial charge is 0.260 e. The van der Waals surface area contributed by atoms with E-state index in [1.165, 1.54) is 48.3 Å². The third-order valence-electron chi connectivity index (χ3n) is 10.0. The van der Waals surface area contributed by atoms with Crippen molar-refractivity contribution in [2.45, 2.75) is 0 Å². The Morgan fingerprint density at radius 2 is 0.830 bits per heavy atom. The second kappa shape index (κ2) is 10.1. The van der Waals surface area contributed by atoms with Gasteiger partial charge in [-0.2, -0.15) is 0 Å². The number of ether oxygens (including phenoxy) is 2. The molecule has 0 amide bonds. The van der Waals surface area contributed by atoms with Crippen LogP contribution in [0.4, 0.5) is 0 Å². The molecule has 7 aromatic carbocycles. The second-order valence-electron chi connectivity index (χ2n) is 12.4. The van der Waals surface area contributed by atoms with Crippen molar-refractivity contribution < 1.29 is 9.47 Å². The van der Waals surface area contributed by atoms with Crippen molar-refractivity contribution in [3.8, 4) is 23.0 Å². The molecule has 0 saturated heterocycles. The molecule has 10 rings (SSSR count). The van der Waals surface area contributed by atoms with Gasteiger partial charge in [-0.25, -0.2) is 0 Å². The Kier molecular flexibility index (Phi) is 5.69. The summed E-state index contributed by atoms with van der Waals surface area (Å²) in [6, 6.07) is 61.4. The lowest BCUT2D eigenvalue weighted by Gasteiger charge is -2.39. The Balaban J connectivity index is 1.37. The summed E-state index contributed by atoms with van der Waals surface area (Å²) in [5, 5.41) is 6.28. The molecule has 0 atom stereocenters. The lowest BCUT2D eigenvalue weighted by Crippen LogP contribution is -2.72. The minimum absolute atomic E-state index is 0.0294. The van der Waals surface area contributed by atoms with Gasteiger partial charge >= 0.3 is 0 Å². The molecular weight excluding hydrogens is 589 g/mol. The summed E-state index contributed by atoms with van der Waals surface area (Å²) in [7, 11) is -3.11. The van der Waals surface area contributed by atoms with Gasteiger partial charge in [0.05, 0.1) is 0 Å². The van der Waals surface area contributed by atoms with Crippen molar-refractivity contribution in [1.29, 1.82) is 0 Å². The maximum atomic E-state index is 6.87. The molecule has 0 N–H and O–H groups in total. The first-order valence-corrected chi connectivity index (χ1v) is 18.1. The highest BCUT2D eigenvalue weighted by molar-refractivity contribution is 7.11. The normalized spacial score (nSPS) is 13.0. The first kappa shape index (κ1) is 26.4. The Bertz CT molecular complexity index is 2330. The highest BCUT2D eigenvalue weighted by Crippen LogP contribution is 2.36. The maximum Gasteiger partial charge on any atom is 0.260 e. The molecule has 2 aliphatic heterocycles. The van der Waals surface area contributed by atoms with Crippen LogP contribution in [-0.4, -0.2) is 19.2 Å². The topological polar surface area (TPSA) is 23.4 Å². The Morgan fingerprint density at radius 1 is 0.404 bits per heavy atom. The molecule has 0 bridgehead atoms. The van der Waals surface area contributed by atoms with Crippen LogP contribution in [0.3, 0.4) is 0 Å². The predicted molar refractivity (Wildman–Crippen MR) is 197 cm³/mol. The number of nitrogens with zero attached hydrogens (tertiary/aromatic N) is 1. The first-order chi connectivity index (χ1) is 23.3. The number of rotatable bonds is 4. The third-order valence-corrected chi connectivity index (χ3v) is 14.6. The predicted octanol–water partition coefficient (Wildman–Crippen LogP) is 6.04. The van der Waals surface area contributed by atoms with E-state index < -0.39 is 8.24 Å². The number of hydrogen-bond acceptors (Lipinski definition) is 2. The van der Waals surface area contributed by atoms with Crippen molar-refractivity contribution in [1.82, 2.24) is 4.23 Å². The van der Waals surface area contributed by atoms with E-state index in [0.717, 1.165) is 28.5 Å². The molecular formula is C42H28BNO2Si. The van der Waals surface area contributed by atoms with E-state index in [2.05, 4.69) is 174 Å². The van der Waals surface area contributed by atoms with E-state index >= 15 is 0 Å². The molecule has 0 saturated carbocycles. The summed E-state index contributed by atoms with van der Waals surface area (Å²) >= 11 is 0. The van der Waals surface area contributed by atoms with Crippen molar-refractivity contribution in [3.63, 3.8) is 0 Å². The SMILES string of the molecule is c1ccc([Si](c2ccccc2)(c2cc3c4c(c2)Oc2ccccc2B4c2ccccc2O3)n2c3ccccc3c3ccccc32)cc1. The minimum atomic E-state index is -3.11. The Labute approximate surface area is 274 Å². The fourth-order valence-electron chi connectivity index (χ4n) is 8.13. The Morgan fingerprint density at radius 3 is 1.34 bits per heavy atom. The number of aromatic nitrogens is 1. The van der Waals surface area contributed by atoms with Gasteiger partial charge in [-0.05, 0) is 62.9 Å². The number of benzene rings is 7. The average Bonchev–Trinajstić information content (AvgIpc) is 3.47. The van der Waals surface area contributed by atoms with Gasteiger partial charge in [0.2, 0.25) is 0 Å². The van der Waals surface area contributed by atoms with Gasteiger partial charge in [-0.1, -0.05) is 133 Å². The van der Waals surface area contributed by atoms with Crippen LogP contribution >= 0.6 is 0 Å². The number of fused-ring (bicyclic) bond motifs is 7. The molecule has 220 valence electrons. The largest absolute Gasteiger partial charge is 0.458 e. The van der Waals surface area contributed by atoms with Crippen LogP contribution in [0.15, 0.2) is 170 Å². The van der Waals surface area contributed by atoms with Gasteiger partial charge < -0.3 is 13.7 Å². The van der Waals surface area contributed by atoms with E-state index in [0.29, 0.717) is 0 Å². The molecule has 2 aliphatic rings. The quantitative estimate of drug-likeness (QED) is 0.178. The van der Waals surface area contributed by atoms with Crippen LogP contribution < -0.4 is 41.4 Å². The summed E-state index contributed by atoms with van der Waals surface area (Å²) in [6.45, 7) is 0.0294. The van der Waals surface area contributed by atoms with E-state index in [4.69, 9.17) is 9.47 Å². The fourth-order valence-corrected chi connectivity index (χ4v) is 13.0. The number of para-hydroxylation sites is 4. The standard InChI is InChI=1S/C42H28BNO2Si/c1-3-15-29(16-4-1)47(30-17-5-2-6-18-30,44-36-23-11-7-19-32(36)33-20-8-12-24-37(33)44)31-27-40-42-41(28-31)46-39-26-14-10-22-35(39)43(42)34-21-9-13-25-38(34)45-40/h1-28H. The van der Waals surface area contributed by atoms with Gasteiger partial charge in [0.15, 0.2) is 0 Å². The van der Waals surface area contributed by atoms with Crippen molar-refractivity contribution in [3.05, 3.63) is 170 Å². The maximum absolute atomic E-state index is 6.87. The summed E-state index contributed by atoms with van der Waals surface area (Å²) in [5.41, 5.74) is 5.87. The van der Waals surface area contributed by atoms with Crippen LogP contribution in [-0.2, 0) is 0 Å². The van der Waals surface area contributed by atoms with Gasteiger partial charge in [0.1, 0.15) is 23.0 Å². The van der Waals surface area contributed by atoms with Crippen molar-refractivity contribution in [2.24, 2.45) is 0 Å². The molecule has 1 aromatic heterocycles. The third kappa shape index (κ3) is 3.69. The van der Waals surface area contributed by atoms with Gasteiger partial charge in [0, 0.05) is 27.3 Å². The highest BCUT2D eigenvalue weighted by Gasteiger charge is 2.47. The summed E-state index contributed by atoms with van der Waals surface area (Å²) in [5.74, 6) is 3.52. The monoisotopic (exact) mass is 617 g/mol. The second-order valence-corrected chi connectivity index (χ2v) is 16.0. The van der Waals surface area contributed by atoms with Crippen LogP contribution in [0.25, 0.3) is 21.8 Å². The molecule has 3 heterocycles. The zero-order chi connectivity index (χ0) is 31.0. The highest BCUT2D eigenvalue weighted by atomic mass is 28.3. The zero-order valence-corrected chi connectivity index (χ0v) is 26.5. The molecule has 3 nitrogen and oxygen atoms in total. The fraction of sp³-hybridized carbons (Fsp3) is 0. The summed E-state index contributed by atoms with van der Waals surface area (Å²) in [6.07, 6.45) is 0. The molecule has 5 heteroatoms.